The third kappa shape index (κ3) is 2.59. The number of amides is 1. The highest BCUT2D eigenvalue weighted by Crippen LogP contribution is 2.41. The molecular weight excluding hydrogens is 326 g/mol. The van der Waals surface area contributed by atoms with Crippen LogP contribution >= 0.6 is 0 Å². The van der Waals surface area contributed by atoms with E-state index in [0.29, 0.717) is 23.7 Å². The number of hydrogen-bond acceptors (Lipinski definition) is 4. The number of fused-ring (bicyclic) bond motifs is 3. The van der Waals surface area contributed by atoms with Crippen LogP contribution < -0.4 is 0 Å². The van der Waals surface area contributed by atoms with Gasteiger partial charge in [0, 0.05) is 29.9 Å². The normalized spacial score (nSPS) is 24.9. The summed E-state index contributed by atoms with van der Waals surface area (Å²) < 4.78 is 4.99. The summed E-state index contributed by atoms with van der Waals surface area (Å²) in [6.07, 6.45) is 12.0. The van der Waals surface area contributed by atoms with Gasteiger partial charge < -0.3 is 9.32 Å². The van der Waals surface area contributed by atoms with E-state index in [1.807, 2.05) is 12.4 Å². The van der Waals surface area contributed by atoms with Crippen molar-refractivity contribution >= 4 is 16.7 Å². The van der Waals surface area contributed by atoms with E-state index in [4.69, 9.17) is 4.42 Å². The molecule has 2 bridgehead atoms. The van der Waals surface area contributed by atoms with E-state index >= 15 is 0 Å². The Kier molecular flexibility index (Phi) is 3.73. The molecule has 1 aromatic carbocycles. The predicted octanol–water partition coefficient (Wildman–Crippen LogP) is 3.85. The Morgan fingerprint density at radius 3 is 2.81 bits per heavy atom. The number of carbonyl (C=O) groups excluding carboxylic acids is 1. The predicted molar refractivity (Wildman–Crippen MR) is 97.7 cm³/mol. The first-order valence-electron chi connectivity index (χ1n) is 9.32. The summed E-state index contributed by atoms with van der Waals surface area (Å²) in [6.45, 7) is 0. The maximum absolute atomic E-state index is 12.8. The zero-order chi connectivity index (χ0) is 17.5. The Balaban J connectivity index is 1.35. The minimum Gasteiger partial charge on any atom is -0.451 e. The Labute approximate surface area is 152 Å². The summed E-state index contributed by atoms with van der Waals surface area (Å²) in [5.41, 5.74) is 1.80. The molecule has 5 rings (SSSR count). The first-order chi connectivity index (χ1) is 12.8. The Morgan fingerprint density at radius 1 is 1.19 bits per heavy atom. The van der Waals surface area contributed by atoms with E-state index in [1.54, 1.807) is 0 Å². The van der Waals surface area contributed by atoms with E-state index in [1.165, 1.54) is 29.0 Å². The van der Waals surface area contributed by atoms with E-state index in [0.717, 1.165) is 32.1 Å². The molecule has 0 radical (unpaired) electrons. The zero-order valence-corrected chi connectivity index (χ0v) is 14.5. The molecule has 0 spiro atoms. The molecule has 3 aromatic rings. The van der Waals surface area contributed by atoms with Gasteiger partial charge in [0.05, 0.1) is 0 Å². The monoisotopic (exact) mass is 347 g/mol. The number of nitrogens with zero attached hydrogens (tertiary/aromatic N) is 3. The lowest BCUT2D eigenvalue weighted by molar-refractivity contribution is 0.0519. The lowest BCUT2D eigenvalue weighted by Crippen LogP contribution is -2.47. The Hall–Kier alpha value is -2.69. The van der Waals surface area contributed by atoms with Crippen LogP contribution in [0.3, 0.4) is 0 Å². The average molecular weight is 347 g/mol. The molecule has 2 unspecified atom stereocenters. The van der Waals surface area contributed by atoms with Gasteiger partial charge in [0.15, 0.2) is 12.1 Å². The van der Waals surface area contributed by atoms with Crippen LogP contribution in [-0.4, -0.2) is 32.9 Å². The average Bonchev–Trinajstić information content (AvgIpc) is 3.29. The van der Waals surface area contributed by atoms with Gasteiger partial charge >= 0.3 is 0 Å². The van der Waals surface area contributed by atoms with Gasteiger partial charge in [-0.05, 0) is 55.0 Å². The molecule has 5 heteroatoms. The maximum Gasteiger partial charge on any atom is 0.276 e. The first-order valence-corrected chi connectivity index (χ1v) is 9.32. The molecule has 2 saturated heterocycles. The van der Waals surface area contributed by atoms with E-state index < -0.39 is 0 Å². The third-order valence-electron chi connectivity index (χ3n) is 6.00. The molecule has 26 heavy (non-hydrogen) atoms. The molecular formula is C21H21N3O2. The number of benzene rings is 1. The Morgan fingerprint density at radius 2 is 2.04 bits per heavy atom. The number of carbonyl (C=O) groups is 1. The van der Waals surface area contributed by atoms with Gasteiger partial charge in [0.1, 0.15) is 6.26 Å². The van der Waals surface area contributed by atoms with Gasteiger partial charge in [-0.25, -0.2) is 4.98 Å². The fraction of sp³-hybridized carbons (Fsp3) is 0.381. The highest BCUT2D eigenvalue weighted by molar-refractivity contribution is 5.92. The van der Waals surface area contributed by atoms with Crippen LogP contribution in [-0.2, 0) is 6.42 Å². The molecule has 2 atom stereocenters. The highest BCUT2D eigenvalue weighted by atomic mass is 16.3. The van der Waals surface area contributed by atoms with Crippen LogP contribution in [0.15, 0.2) is 53.7 Å². The molecule has 2 aliphatic rings. The van der Waals surface area contributed by atoms with Crippen molar-refractivity contribution in [3.8, 4) is 0 Å². The van der Waals surface area contributed by atoms with Crippen LogP contribution in [0.25, 0.3) is 10.8 Å². The molecule has 0 saturated carbocycles. The molecule has 1 amide bonds. The van der Waals surface area contributed by atoms with E-state index in [-0.39, 0.29) is 5.91 Å². The van der Waals surface area contributed by atoms with Crippen molar-refractivity contribution in [2.24, 2.45) is 5.92 Å². The number of rotatable bonds is 3. The smallest absolute Gasteiger partial charge is 0.276 e. The molecule has 2 aliphatic heterocycles. The summed E-state index contributed by atoms with van der Waals surface area (Å²) in [5.74, 6) is 0.638. The number of oxazole rings is 1. The summed E-state index contributed by atoms with van der Waals surface area (Å²) in [5, 5.41) is 2.50. The molecule has 2 fully saturated rings. The van der Waals surface area contributed by atoms with Gasteiger partial charge in [0.25, 0.3) is 5.91 Å². The minimum atomic E-state index is 0.0269. The van der Waals surface area contributed by atoms with Crippen LogP contribution in [0.4, 0.5) is 0 Å². The second kappa shape index (κ2) is 6.24. The van der Waals surface area contributed by atoms with Crippen molar-refractivity contribution in [2.75, 3.05) is 0 Å². The minimum absolute atomic E-state index is 0.0269. The molecule has 0 aliphatic carbocycles. The van der Waals surface area contributed by atoms with Crippen LogP contribution in [0.5, 0.6) is 0 Å². The Bertz CT molecular complexity index is 918. The number of pyridine rings is 1. The largest absolute Gasteiger partial charge is 0.451 e. The number of hydrogen-bond donors (Lipinski definition) is 0. The SMILES string of the molecule is O=C(c1cocn1)N1C2CCC1CC(Cc1cccc3ccncc13)C2. The first kappa shape index (κ1) is 15.6. The molecule has 0 N–H and O–H groups in total. The van der Waals surface area contributed by atoms with Crippen LogP contribution in [0.2, 0.25) is 0 Å². The van der Waals surface area contributed by atoms with E-state index in [2.05, 4.69) is 39.1 Å². The number of aromatic nitrogens is 2. The lowest BCUT2D eigenvalue weighted by atomic mass is 9.84. The van der Waals surface area contributed by atoms with Gasteiger partial charge in [-0.3, -0.25) is 9.78 Å². The van der Waals surface area contributed by atoms with Gasteiger partial charge in [-0.1, -0.05) is 18.2 Å². The lowest BCUT2D eigenvalue weighted by Gasteiger charge is -2.38. The van der Waals surface area contributed by atoms with E-state index in [9.17, 15) is 4.79 Å². The van der Waals surface area contributed by atoms with Crippen molar-refractivity contribution in [3.63, 3.8) is 0 Å². The summed E-state index contributed by atoms with van der Waals surface area (Å²) in [4.78, 5) is 23.2. The number of piperidine rings is 1. The molecule has 2 aromatic heterocycles. The van der Waals surface area contributed by atoms with Crippen molar-refractivity contribution in [2.45, 2.75) is 44.2 Å². The maximum atomic E-state index is 12.8. The van der Waals surface area contributed by atoms with Gasteiger partial charge in [-0.15, -0.1) is 0 Å². The standard InChI is InChI=1S/C21H21N3O2/c25-21(20-12-26-13-23-20)24-17-4-5-18(24)10-14(9-17)8-16-3-1-2-15-6-7-22-11-19(15)16/h1-3,6-7,11-14,17-18H,4-5,8-10H2. The zero-order valence-electron chi connectivity index (χ0n) is 14.5. The van der Waals surface area contributed by atoms with Crippen molar-refractivity contribution in [1.29, 1.82) is 0 Å². The summed E-state index contributed by atoms with van der Waals surface area (Å²) in [6, 6.07) is 9.23. The van der Waals surface area contributed by atoms with Gasteiger partial charge in [0.2, 0.25) is 0 Å². The quantitative estimate of drug-likeness (QED) is 0.722. The highest BCUT2D eigenvalue weighted by Gasteiger charge is 2.43. The molecule has 132 valence electrons. The third-order valence-corrected chi connectivity index (χ3v) is 6.00. The fourth-order valence-electron chi connectivity index (χ4n) is 4.90. The second-order valence-electron chi connectivity index (χ2n) is 7.53. The van der Waals surface area contributed by atoms with Gasteiger partial charge in [-0.2, -0.15) is 0 Å². The van der Waals surface area contributed by atoms with Crippen molar-refractivity contribution in [1.82, 2.24) is 14.9 Å². The topological polar surface area (TPSA) is 59.2 Å². The molecule has 4 heterocycles. The second-order valence-corrected chi connectivity index (χ2v) is 7.53. The molecule has 5 nitrogen and oxygen atoms in total. The van der Waals surface area contributed by atoms with Crippen molar-refractivity contribution in [3.05, 3.63) is 60.6 Å². The van der Waals surface area contributed by atoms with Crippen LogP contribution in [0.1, 0.15) is 41.7 Å². The summed E-state index contributed by atoms with van der Waals surface area (Å²) >= 11 is 0. The van der Waals surface area contributed by atoms with Crippen LogP contribution in [0, 0.1) is 5.92 Å². The fourth-order valence-corrected chi connectivity index (χ4v) is 4.90. The summed E-state index contributed by atoms with van der Waals surface area (Å²) in [7, 11) is 0. The van der Waals surface area contributed by atoms with Crippen molar-refractivity contribution < 1.29 is 9.21 Å².